The SMILES string of the molecule is CCN(CCC(=O)OC)c1cc(=O)[nH]cn1. The van der Waals surface area contributed by atoms with E-state index in [0.29, 0.717) is 18.9 Å². The minimum atomic E-state index is -0.275. The number of carbonyl (C=O) groups excluding carboxylic acids is 1. The number of H-pyrrole nitrogens is 1. The number of nitrogens with one attached hydrogen (secondary N) is 1. The van der Waals surface area contributed by atoms with Crippen LogP contribution in [0, 0.1) is 0 Å². The van der Waals surface area contributed by atoms with Gasteiger partial charge < -0.3 is 14.6 Å². The molecule has 1 aromatic heterocycles. The second-order valence-electron chi connectivity index (χ2n) is 3.18. The van der Waals surface area contributed by atoms with Crippen molar-refractivity contribution in [3.05, 3.63) is 22.7 Å². The van der Waals surface area contributed by atoms with Gasteiger partial charge in [-0.25, -0.2) is 4.98 Å². The minimum absolute atomic E-state index is 0.207. The molecule has 88 valence electrons. The normalized spacial score (nSPS) is 9.88. The van der Waals surface area contributed by atoms with Crippen LogP contribution >= 0.6 is 0 Å². The lowest BCUT2D eigenvalue weighted by Gasteiger charge is -2.20. The molecule has 0 bridgehead atoms. The van der Waals surface area contributed by atoms with Crippen LogP contribution < -0.4 is 10.5 Å². The smallest absolute Gasteiger partial charge is 0.307 e. The summed E-state index contributed by atoms with van der Waals surface area (Å²) in [6.45, 7) is 3.09. The summed E-state index contributed by atoms with van der Waals surface area (Å²) in [7, 11) is 1.35. The third kappa shape index (κ3) is 3.38. The Morgan fingerprint density at radius 1 is 1.62 bits per heavy atom. The van der Waals surface area contributed by atoms with Gasteiger partial charge in [-0.3, -0.25) is 9.59 Å². The van der Waals surface area contributed by atoms with Crippen molar-refractivity contribution in [3.63, 3.8) is 0 Å². The monoisotopic (exact) mass is 225 g/mol. The fourth-order valence-corrected chi connectivity index (χ4v) is 1.29. The van der Waals surface area contributed by atoms with Gasteiger partial charge in [-0.05, 0) is 6.92 Å². The van der Waals surface area contributed by atoms with Gasteiger partial charge in [-0.15, -0.1) is 0 Å². The van der Waals surface area contributed by atoms with E-state index in [1.165, 1.54) is 19.5 Å². The van der Waals surface area contributed by atoms with E-state index in [1.807, 2.05) is 11.8 Å². The highest BCUT2D eigenvalue weighted by Crippen LogP contribution is 2.06. The van der Waals surface area contributed by atoms with Crippen molar-refractivity contribution in [2.24, 2.45) is 0 Å². The third-order valence-electron chi connectivity index (χ3n) is 2.18. The van der Waals surface area contributed by atoms with Crippen LogP contribution in [0.1, 0.15) is 13.3 Å². The summed E-state index contributed by atoms with van der Waals surface area (Å²) in [6.07, 6.45) is 1.62. The number of esters is 1. The van der Waals surface area contributed by atoms with E-state index in [2.05, 4.69) is 14.7 Å². The number of aromatic amines is 1. The lowest BCUT2D eigenvalue weighted by atomic mass is 10.3. The van der Waals surface area contributed by atoms with Gasteiger partial charge >= 0.3 is 5.97 Å². The van der Waals surface area contributed by atoms with Crippen molar-refractivity contribution in [2.45, 2.75) is 13.3 Å². The molecular formula is C10H15N3O3. The van der Waals surface area contributed by atoms with Crippen LogP contribution in [0.4, 0.5) is 5.82 Å². The first kappa shape index (κ1) is 12.2. The van der Waals surface area contributed by atoms with Crippen LogP contribution in [0.5, 0.6) is 0 Å². The number of nitrogens with zero attached hydrogens (tertiary/aromatic N) is 2. The quantitative estimate of drug-likeness (QED) is 0.722. The van der Waals surface area contributed by atoms with Crippen molar-refractivity contribution >= 4 is 11.8 Å². The summed E-state index contributed by atoms with van der Waals surface area (Å²) in [5.74, 6) is 0.290. The Kier molecular flexibility index (Phi) is 4.50. The molecule has 0 saturated heterocycles. The van der Waals surface area contributed by atoms with E-state index in [1.54, 1.807) is 0 Å². The number of ether oxygens (including phenoxy) is 1. The maximum absolute atomic E-state index is 11.1. The van der Waals surface area contributed by atoms with Gasteiger partial charge in [0.25, 0.3) is 5.56 Å². The van der Waals surface area contributed by atoms with E-state index in [4.69, 9.17) is 0 Å². The van der Waals surface area contributed by atoms with Crippen molar-refractivity contribution in [1.29, 1.82) is 0 Å². The molecule has 1 N–H and O–H groups in total. The number of methoxy groups -OCH3 is 1. The van der Waals surface area contributed by atoms with Crippen LogP contribution in [0.15, 0.2) is 17.2 Å². The molecule has 0 fully saturated rings. The predicted octanol–water partition coefficient (Wildman–Crippen LogP) is 0.159. The average Bonchev–Trinajstić information content (AvgIpc) is 2.29. The first-order valence-electron chi connectivity index (χ1n) is 5.04. The van der Waals surface area contributed by atoms with Crippen molar-refractivity contribution < 1.29 is 9.53 Å². The topological polar surface area (TPSA) is 75.3 Å². The fourth-order valence-electron chi connectivity index (χ4n) is 1.29. The van der Waals surface area contributed by atoms with E-state index in [9.17, 15) is 9.59 Å². The Balaban J connectivity index is 2.67. The zero-order valence-electron chi connectivity index (χ0n) is 9.40. The molecule has 16 heavy (non-hydrogen) atoms. The number of aromatic nitrogens is 2. The molecule has 0 aromatic carbocycles. The summed E-state index contributed by atoms with van der Waals surface area (Å²) in [5.41, 5.74) is -0.207. The van der Waals surface area contributed by atoms with Gasteiger partial charge in [0.05, 0.1) is 19.9 Å². The third-order valence-corrected chi connectivity index (χ3v) is 2.18. The predicted molar refractivity (Wildman–Crippen MR) is 59.4 cm³/mol. The lowest BCUT2D eigenvalue weighted by Crippen LogP contribution is -2.28. The Bertz CT molecular complexity index is 402. The zero-order valence-corrected chi connectivity index (χ0v) is 9.40. The molecule has 0 saturated carbocycles. The molecular weight excluding hydrogens is 210 g/mol. The molecule has 0 radical (unpaired) electrons. The average molecular weight is 225 g/mol. The van der Waals surface area contributed by atoms with Gasteiger partial charge in [-0.1, -0.05) is 0 Å². The lowest BCUT2D eigenvalue weighted by molar-refractivity contribution is -0.140. The Labute approximate surface area is 93.3 Å². The molecule has 0 amide bonds. The number of carbonyl (C=O) groups is 1. The molecule has 1 aromatic rings. The molecule has 0 spiro atoms. The van der Waals surface area contributed by atoms with E-state index < -0.39 is 0 Å². The van der Waals surface area contributed by atoms with Crippen molar-refractivity contribution in [1.82, 2.24) is 9.97 Å². The van der Waals surface area contributed by atoms with E-state index >= 15 is 0 Å². The Morgan fingerprint density at radius 3 is 2.94 bits per heavy atom. The number of anilines is 1. The highest BCUT2D eigenvalue weighted by Gasteiger charge is 2.08. The number of hydrogen-bond acceptors (Lipinski definition) is 5. The highest BCUT2D eigenvalue weighted by molar-refractivity contribution is 5.69. The van der Waals surface area contributed by atoms with E-state index in [0.717, 1.165) is 0 Å². The molecule has 0 aliphatic heterocycles. The molecule has 0 atom stereocenters. The second kappa shape index (κ2) is 5.89. The summed E-state index contributed by atoms with van der Waals surface area (Å²) >= 11 is 0. The van der Waals surface area contributed by atoms with Gasteiger partial charge in [0, 0.05) is 19.2 Å². The number of hydrogen-bond donors (Lipinski definition) is 1. The van der Waals surface area contributed by atoms with Crippen molar-refractivity contribution in [3.8, 4) is 0 Å². The van der Waals surface area contributed by atoms with E-state index in [-0.39, 0.29) is 17.9 Å². The summed E-state index contributed by atoms with van der Waals surface area (Å²) in [6, 6.07) is 1.40. The van der Waals surface area contributed by atoms with Crippen LogP contribution in [-0.2, 0) is 9.53 Å². The molecule has 1 rings (SSSR count). The molecule has 6 heteroatoms. The molecule has 6 nitrogen and oxygen atoms in total. The Hall–Kier alpha value is -1.85. The molecule has 0 aliphatic carbocycles. The summed E-state index contributed by atoms with van der Waals surface area (Å²) < 4.78 is 4.55. The van der Waals surface area contributed by atoms with Gasteiger partial charge in [0.15, 0.2) is 0 Å². The second-order valence-corrected chi connectivity index (χ2v) is 3.18. The van der Waals surface area contributed by atoms with Crippen molar-refractivity contribution in [2.75, 3.05) is 25.1 Å². The highest BCUT2D eigenvalue weighted by atomic mass is 16.5. The maximum atomic E-state index is 11.1. The molecule has 1 heterocycles. The van der Waals surface area contributed by atoms with Gasteiger partial charge in [-0.2, -0.15) is 0 Å². The summed E-state index contributed by atoms with van der Waals surface area (Å²) in [5, 5.41) is 0. The van der Waals surface area contributed by atoms with Gasteiger partial charge in [0.2, 0.25) is 0 Å². The summed E-state index contributed by atoms with van der Waals surface area (Å²) in [4.78, 5) is 30.4. The minimum Gasteiger partial charge on any atom is -0.469 e. The Morgan fingerprint density at radius 2 is 2.38 bits per heavy atom. The maximum Gasteiger partial charge on any atom is 0.307 e. The van der Waals surface area contributed by atoms with Crippen LogP contribution in [0.25, 0.3) is 0 Å². The standard InChI is InChI=1S/C10H15N3O3/c1-3-13(5-4-10(15)16-2)8-6-9(14)12-7-11-8/h6-7H,3-5H2,1-2H3,(H,11,12,14). The molecule has 0 aliphatic rings. The van der Waals surface area contributed by atoms with Crippen LogP contribution in [0.2, 0.25) is 0 Å². The molecule has 0 unspecified atom stereocenters. The fraction of sp³-hybridized carbons (Fsp3) is 0.500. The first-order chi connectivity index (χ1) is 7.67. The first-order valence-corrected chi connectivity index (χ1v) is 5.04. The number of rotatable bonds is 5. The largest absolute Gasteiger partial charge is 0.469 e. The zero-order chi connectivity index (χ0) is 12.0. The van der Waals surface area contributed by atoms with Gasteiger partial charge in [0.1, 0.15) is 5.82 Å². The van der Waals surface area contributed by atoms with Crippen LogP contribution in [0.3, 0.4) is 0 Å². The van der Waals surface area contributed by atoms with Crippen LogP contribution in [-0.4, -0.2) is 36.1 Å².